The van der Waals surface area contributed by atoms with E-state index < -0.39 is 5.54 Å². The zero-order valence-electron chi connectivity index (χ0n) is 13.6. The van der Waals surface area contributed by atoms with Crippen LogP contribution in [0.25, 0.3) is 0 Å². The number of nitrogens with zero attached hydrogens (tertiary/aromatic N) is 1. The third-order valence-electron chi connectivity index (χ3n) is 4.64. The fourth-order valence-electron chi connectivity index (χ4n) is 3.04. The normalized spacial score (nSPS) is 23.4. The van der Waals surface area contributed by atoms with Gasteiger partial charge in [-0.1, -0.05) is 20.3 Å². The average molecular weight is 283 g/mol. The maximum Gasteiger partial charge on any atom is 0.237 e. The van der Waals surface area contributed by atoms with E-state index in [1.165, 1.54) is 32.4 Å². The molecule has 1 fully saturated rings. The minimum Gasteiger partial charge on any atom is -0.368 e. The van der Waals surface area contributed by atoms with Crippen LogP contribution in [0.1, 0.15) is 59.3 Å². The van der Waals surface area contributed by atoms with Gasteiger partial charge in [0.25, 0.3) is 0 Å². The number of hydrogen-bond donors (Lipinski definition) is 2. The van der Waals surface area contributed by atoms with E-state index in [2.05, 4.69) is 24.1 Å². The van der Waals surface area contributed by atoms with Crippen LogP contribution in [-0.4, -0.2) is 42.5 Å². The standard InChI is InChI=1S/C16H33N3O/c1-4-10-18-16(3,15(17)20)9-7-12-19-11-6-8-14(5-2)13-19/h14,18H,4-13H2,1-3H3,(H2,17,20). The lowest BCUT2D eigenvalue weighted by Gasteiger charge is -2.33. The highest BCUT2D eigenvalue weighted by Crippen LogP contribution is 2.20. The Labute approximate surface area is 124 Å². The number of rotatable bonds is 9. The Hall–Kier alpha value is -0.610. The zero-order valence-corrected chi connectivity index (χ0v) is 13.6. The molecule has 20 heavy (non-hydrogen) atoms. The van der Waals surface area contributed by atoms with Crippen molar-refractivity contribution in [3.8, 4) is 0 Å². The summed E-state index contributed by atoms with van der Waals surface area (Å²) in [5, 5.41) is 3.31. The molecule has 4 nitrogen and oxygen atoms in total. The van der Waals surface area contributed by atoms with Crippen LogP contribution >= 0.6 is 0 Å². The monoisotopic (exact) mass is 283 g/mol. The molecule has 118 valence electrons. The molecule has 2 atom stereocenters. The van der Waals surface area contributed by atoms with Gasteiger partial charge in [0.05, 0.1) is 5.54 Å². The van der Waals surface area contributed by atoms with Crippen molar-refractivity contribution in [1.82, 2.24) is 10.2 Å². The predicted octanol–water partition coefficient (Wildman–Crippen LogP) is 2.13. The Bertz CT molecular complexity index is 295. The van der Waals surface area contributed by atoms with Crippen molar-refractivity contribution in [2.75, 3.05) is 26.2 Å². The van der Waals surface area contributed by atoms with Crippen LogP contribution in [0.4, 0.5) is 0 Å². The lowest BCUT2D eigenvalue weighted by Crippen LogP contribution is -2.53. The molecular formula is C16H33N3O. The minimum atomic E-state index is -0.546. The molecule has 1 saturated heterocycles. The largest absolute Gasteiger partial charge is 0.368 e. The van der Waals surface area contributed by atoms with Gasteiger partial charge >= 0.3 is 0 Å². The number of primary amides is 1. The Morgan fingerprint density at radius 3 is 2.80 bits per heavy atom. The number of hydrogen-bond acceptors (Lipinski definition) is 3. The highest BCUT2D eigenvalue weighted by Gasteiger charge is 2.29. The Kier molecular flexibility index (Phi) is 7.52. The van der Waals surface area contributed by atoms with E-state index in [4.69, 9.17) is 5.73 Å². The highest BCUT2D eigenvalue weighted by molar-refractivity contribution is 5.84. The summed E-state index contributed by atoms with van der Waals surface area (Å²) in [5.74, 6) is 0.639. The summed E-state index contributed by atoms with van der Waals surface area (Å²) in [7, 11) is 0. The number of amides is 1. The minimum absolute atomic E-state index is 0.226. The van der Waals surface area contributed by atoms with E-state index in [1.54, 1.807) is 0 Å². The molecule has 0 aromatic heterocycles. The molecule has 0 aromatic rings. The van der Waals surface area contributed by atoms with Crippen molar-refractivity contribution in [3.63, 3.8) is 0 Å². The molecule has 0 radical (unpaired) electrons. The van der Waals surface area contributed by atoms with Gasteiger partial charge in [0.1, 0.15) is 0 Å². The summed E-state index contributed by atoms with van der Waals surface area (Å²) >= 11 is 0. The van der Waals surface area contributed by atoms with E-state index in [0.717, 1.165) is 38.3 Å². The lowest BCUT2D eigenvalue weighted by molar-refractivity contribution is -0.124. The maximum absolute atomic E-state index is 11.7. The molecule has 1 aliphatic rings. The highest BCUT2D eigenvalue weighted by atomic mass is 16.1. The van der Waals surface area contributed by atoms with Crippen molar-refractivity contribution in [2.24, 2.45) is 11.7 Å². The number of nitrogens with one attached hydrogen (secondary N) is 1. The van der Waals surface area contributed by atoms with E-state index in [-0.39, 0.29) is 5.91 Å². The predicted molar refractivity (Wildman–Crippen MR) is 84.6 cm³/mol. The fourth-order valence-corrected chi connectivity index (χ4v) is 3.04. The van der Waals surface area contributed by atoms with Crippen LogP contribution in [0.5, 0.6) is 0 Å². The summed E-state index contributed by atoms with van der Waals surface area (Å²) in [6.07, 6.45) is 6.87. The van der Waals surface area contributed by atoms with Crippen molar-refractivity contribution < 1.29 is 4.79 Å². The molecule has 4 heteroatoms. The van der Waals surface area contributed by atoms with Crippen LogP contribution in [0.15, 0.2) is 0 Å². The Morgan fingerprint density at radius 1 is 1.45 bits per heavy atom. The van der Waals surface area contributed by atoms with Crippen molar-refractivity contribution in [3.05, 3.63) is 0 Å². The van der Waals surface area contributed by atoms with E-state index in [0.29, 0.717) is 0 Å². The van der Waals surface area contributed by atoms with Crippen molar-refractivity contribution in [1.29, 1.82) is 0 Å². The molecule has 1 amide bonds. The molecule has 2 unspecified atom stereocenters. The molecule has 0 aromatic carbocycles. The topological polar surface area (TPSA) is 58.4 Å². The summed E-state index contributed by atoms with van der Waals surface area (Å²) in [4.78, 5) is 14.2. The second-order valence-electron chi connectivity index (χ2n) is 6.44. The summed E-state index contributed by atoms with van der Waals surface area (Å²) in [6.45, 7) is 10.7. The number of nitrogens with two attached hydrogens (primary N) is 1. The average Bonchev–Trinajstić information content (AvgIpc) is 2.45. The smallest absolute Gasteiger partial charge is 0.237 e. The van der Waals surface area contributed by atoms with Crippen LogP contribution < -0.4 is 11.1 Å². The molecular weight excluding hydrogens is 250 g/mol. The van der Waals surface area contributed by atoms with E-state index >= 15 is 0 Å². The second kappa shape index (κ2) is 8.63. The van der Waals surface area contributed by atoms with Gasteiger partial charge < -0.3 is 16.0 Å². The van der Waals surface area contributed by atoms with Crippen LogP contribution in [0.2, 0.25) is 0 Å². The molecule has 0 aliphatic carbocycles. The van der Waals surface area contributed by atoms with Gasteiger partial charge in [0, 0.05) is 6.54 Å². The molecule has 1 heterocycles. The summed E-state index contributed by atoms with van der Waals surface area (Å²) in [6, 6.07) is 0. The van der Waals surface area contributed by atoms with Gasteiger partial charge in [-0.25, -0.2) is 0 Å². The SMILES string of the molecule is CCCNC(C)(CCCN1CCCC(CC)C1)C(N)=O. The maximum atomic E-state index is 11.7. The quantitative estimate of drug-likeness (QED) is 0.681. The van der Waals surface area contributed by atoms with E-state index in [1.807, 2.05) is 6.92 Å². The van der Waals surface area contributed by atoms with Gasteiger partial charge in [-0.15, -0.1) is 0 Å². The first kappa shape index (κ1) is 17.4. The zero-order chi connectivity index (χ0) is 15.0. The first-order chi connectivity index (χ1) is 9.51. The number of carbonyl (C=O) groups excluding carboxylic acids is 1. The van der Waals surface area contributed by atoms with Crippen molar-refractivity contribution in [2.45, 2.75) is 64.8 Å². The molecule has 0 saturated carbocycles. The number of carbonyl (C=O) groups is 1. The summed E-state index contributed by atoms with van der Waals surface area (Å²) in [5.41, 5.74) is 5.01. The van der Waals surface area contributed by atoms with Crippen LogP contribution in [0, 0.1) is 5.92 Å². The van der Waals surface area contributed by atoms with Gasteiger partial charge in [-0.3, -0.25) is 4.79 Å². The fraction of sp³-hybridized carbons (Fsp3) is 0.938. The van der Waals surface area contributed by atoms with Crippen molar-refractivity contribution >= 4 is 5.91 Å². The lowest BCUT2D eigenvalue weighted by atomic mass is 9.93. The first-order valence-corrected chi connectivity index (χ1v) is 8.29. The van der Waals surface area contributed by atoms with Gasteiger partial charge in [0.2, 0.25) is 5.91 Å². The van der Waals surface area contributed by atoms with Gasteiger partial charge in [-0.05, 0) is 64.6 Å². The first-order valence-electron chi connectivity index (χ1n) is 8.29. The third-order valence-corrected chi connectivity index (χ3v) is 4.64. The Morgan fingerprint density at radius 2 is 2.20 bits per heavy atom. The number of piperidine rings is 1. The van der Waals surface area contributed by atoms with Crippen LogP contribution in [-0.2, 0) is 4.79 Å². The second-order valence-corrected chi connectivity index (χ2v) is 6.44. The summed E-state index contributed by atoms with van der Waals surface area (Å²) < 4.78 is 0. The molecule has 0 bridgehead atoms. The molecule has 1 rings (SSSR count). The molecule has 0 spiro atoms. The third kappa shape index (κ3) is 5.41. The molecule has 3 N–H and O–H groups in total. The Balaban J connectivity index is 2.34. The van der Waals surface area contributed by atoms with Gasteiger partial charge in [-0.2, -0.15) is 0 Å². The molecule has 1 aliphatic heterocycles. The number of likely N-dealkylation sites (tertiary alicyclic amines) is 1. The van der Waals surface area contributed by atoms with Gasteiger partial charge in [0.15, 0.2) is 0 Å². The van der Waals surface area contributed by atoms with Crippen LogP contribution in [0.3, 0.4) is 0 Å². The van der Waals surface area contributed by atoms with E-state index in [9.17, 15) is 4.79 Å².